The van der Waals surface area contributed by atoms with E-state index < -0.39 is 26.7 Å². The molecular formula is C16H12ClN5O3S. The SMILES string of the molecule is Cn1c(C(C#N)C(=O)c2nc(S(C)(=O)=O)ncc2Cl)nc2ccccc21. The van der Waals surface area contributed by atoms with Crippen molar-refractivity contribution in [2.24, 2.45) is 7.05 Å². The lowest BCUT2D eigenvalue weighted by Gasteiger charge is -2.10. The summed E-state index contributed by atoms with van der Waals surface area (Å²) < 4.78 is 24.9. The zero-order chi connectivity index (χ0) is 19.1. The second-order valence-electron chi connectivity index (χ2n) is 5.57. The number of para-hydroxylation sites is 2. The third kappa shape index (κ3) is 3.05. The molecule has 0 spiro atoms. The normalized spacial score (nSPS) is 12.7. The van der Waals surface area contributed by atoms with Gasteiger partial charge in [0, 0.05) is 13.3 Å². The zero-order valence-corrected chi connectivity index (χ0v) is 15.3. The predicted molar refractivity (Wildman–Crippen MR) is 93.6 cm³/mol. The summed E-state index contributed by atoms with van der Waals surface area (Å²) in [4.78, 5) is 24.6. The van der Waals surface area contributed by atoms with E-state index in [0.29, 0.717) is 5.52 Å². The van der Waals surface area contributed by atoms with Crippen LogP contribution in [0.4, 0.5) is 0 Å². The van der Waals surface area contributed by atoms with Crippen LogP contribution in [0.15, 0.2) is 35.6 Å². The van der Waals surface area contributed by atoms with Crippen molar-refractivity contribution in [3.63, 3.8) is 0 Å². The minimum Gasteiger partial charge on any atom is -0.330 e. The number of hydrogen-bond acceptors (Lipinski definition) is 7. The highest BCUT2D eigenvalue weighted by atomic mass is 35.5. The van der Waals surface area contributed by atoms with Gasteiger partial charge >= 0.3 is 0 Å². The molecule has 2 heterocycles. The third-order valence-corrected chi connectivity index (χ3v) is 4.89. The standard InChI is InChI=1S/C16H12ClN5O3S/c1-22-12-6-4-3-5-11(12)20-15(22)9(7-18)14(23)13-10(17)8-19-16(21-13)26(2,24)25/h3-6,8-9H,1-2H3. The molecule has 0 N–H and O–H groups in total. The molecule has 8 nitrogen and oxygen atoms in total. The van der Waals surface area contributed by atoms with Crippen molar-refractivity contribution >= 4 is 38.3 Å². The molecule has 0 fully saturated rings. The van der Waals surface area contributed by atoms with E-state index in [0.717, 1.165) is 18.0 Å². The summed E-state index contributed by atoms with van der Waals surface area (Å²) >= 11 is 5.97. The van der Waals surface area contributed by atoms with E-state index in [1.54, 1.807) is 23.7 Å². The Morgan fingerprint density at radius 3 is 2.62 bits per heavy atom. The van der Waals surface area contributed by atoms with E-state index in [1.807, 2.05) is 18.2 Å². The molecule has 0 radical (unpaired) electrons. The van der Waals surface area contributed by atoms with Gasteiger partial charge in [-0.25, -0.2) is 23.4 Å². The van der Waals surface area contributed by atoms with E-state index in [2.05, 4.69) is 15.0 Å². The summed E-state index contributed by atoms with van der Waals surface area (Å²) in [5.41, 5.74) is 1.05. The Morgan fingerprint density at radius 1 is 1.31 bits per heavy atom. The maximum Gasteiger partial charge on any atom is 0.247 e. The summed E-state index contributed by atoms with van der Waals surface area (Å²) in [5, 5.41) is 8.88. The lowest BCUT2D eigenvalue weighted by atomic mass is 10.0. The second kappa shape index (κ2) is 6.48. The van der Waals surface area contributed by atoms with Gasteiger partial charge in [0.05, 0.1) is 28.3 Å². The average Bonchev–Trinajstić information content (AvgIpc) is 2.92. The van der Waals surface area contributed by atoms with E-state index in [-0.39, 0.29) is 16.5 Å². The molecule has 26 heavy (non-hydrogen) atoms. The van der Waals surface area contributed by atoms with Gasteiger partial charge in [0.2, 0.25) is 20.8 Å². The van der Waals surface area contributed by atoms with Crippen molar-refractivity contribution in [2.45, 2.75) is 11.1 Å². The van der Waals surface area contributed by atoms with Crippen molar-refractivity contribution in [1.29, 1.82) is 5.26 Å². The van der Waals surface area contributed by atoms with Crippen LogP contribution in [0, 0.1) is 11.3 Å². The molecule has 0 saturated carbocycles. The van der Waals surface area contributed by atoms with Gasteiger partial charge in [0.15, 0.2) is 5.92 Å². The van der Waals surface area contributed by atoms with Crippen LogP contribution in [0.25, 0.3) is 11.0 Å². The van der Waals surface area contributed by atoms with Crippen LogP contribution in [-0.2, 0) is 16.9 Å². The first-order valence-electron chi connectivity index (χ1n) is 7.32. The molecule has 1 unspecified atom stereocenters. The zero-order valence-electron chi connectivity index (χ0n) is 13.7. The van der Waals surface area contributed by atoms with Crippen LogP contribution in [0.3, 0.4) is 0 Å². The number of aromatic nitrogens is 4. The number of nitrogens with zero attached hydrogens (tertiary/aromatic N) is 5. The number of halogens is 1. The third-order valence-electron chi connectivity index (χ3n) is 3.76. The van der Waals surface area contributed by atoms with E-state index in [1.165, 1.54) is 0 Å². The molecule has 0 bridgehead atoms. The van der Waals surface area contributed by atoms with Crippen molar-refractivity contribution in [3.05, 3.63) is 47.0 Å². The molecule has 3 aromatic rings. The van der Waals surface area contributed by atoms with Gasteiger partial charge in [-0.2, -0.15) is 5.26 Å². The molecule has 132 valence electrons. The van der Waals surface area contributed by atoms with Crippen LogP contribution in [0.5, 0.6) is 0 Å². The second-order valence-corrected chi connectivity index (χ2v) is 7.88. The monoisotopic (exact) mass is 389 g/mol. The number of rotatable bonds is 4. The number of benzene rings is 1. The summed E-state index contributed by atoms with van der Waals surface area (Å²) in [5.74, 6) is -1.83. The lowest BCUT2D eigenvalue weighted by Crippen LogP contribution is -2.19. The number of carbonyl (C=O) groups excluding carboxylic acids is 1. The highest BCUT2D eigenvalue weighted by Gasteiger charge is 2.30. The molecule has 10 heteroatoms. The fourth-order valence-corrected chi connectivity index (χ4v) is 3.18. The van der Waals surface area contributed by atoms with Crippen LogP contribution >= 0.6 is 11.6 Å². The number of imidazole rings is 1. The Labute approximate surface area is 154 Å². The van der Waals surface area contributed by atoms with Gasteiger partial charge in [0.1, 0.15) is 11.5 Å². The molecule has 1 atom stereocenters. The van der Waals surface area contributed by atoms with Crippen molar-refractivity contribution < 1.29 is 13.2 Å². The van der Waals surface area contributed by atoms with Crippen LogP contribution in [0.1, 0.15) is 22.2 Å². The topological polar surface area (TPSA) is 119 Å². The van der Waals surface area contributed by atoms with Crippen molar-refractivity contribution in [1.82, 2.24) is 19.5 Å². The number of fused-ring (bicyclic) bond motifs is 1. The van der Waals surface area contributed by atoms with Crippen molar-refractivity contribution in [2.75, 3.05) is 6.26 Å². The number of carbonyl (C=O) groups is 1. The number of Topliss-reactive ketones (excluding diaryl/α,β-unsaturated/α-hetero) is 1. The van der Waals surface area contributed by atoms with Gasteiger partial charge in [-0.05, 0) is 12.1 Å². The summed E-state index contributed by atoms with van der Waals surface area (Å²) in [6.07, 6.45) is 1.94. The molecule has 0 aliphatic rings. The molecule has 1 aromatic carbocycles. The summed E-state index contributed by atoms with van der Waals surface area (Å²) in [6, 6.07) is 9.08. The molecular weight excluding hydrogens is 378 g/mol. The Kier molecular flexibility index (Phi) is 4.48. The average molecular weight is 390 g/mol. The first kappa shape index (κ1) is 18.0. The number of ketones is 1. The Bertz CT molecular complexity index is 1180. The summed E-state index contributed by atoms with van der Waals surface area (Å²) in [7, 11) is -2.05. The molecule has 3 rings (SSSR count). The number of sulfone groups is 1. The molecule has 2 aromatic heterocycles. The Balaban J connectivity index is 2.13. The minimum absolute atomic E-state index is 0.138. The van der Waals surface area contributed by atoms with Gasteiger partial charge < -0.3 is 4.57 Å². The van der Waals surface area contributed by atoms with Crippen LogP contribution in [-0.4, -0.2) is 40.0 Å². The predicted octanol–water partition coefficient (Wildman–Crippen LogP) is 1.91. The van der Waals surface area contributed by atoms with E-state index in [9.17, 15) is 18.5 Å². The minimum atomic E-state index is -3.74. The number of hydrogen-bond donors (Lipinski definition) is 0. The maximum absolute atomic E-state index is 12.9. The Morgan fingerprint density at radius 2 is 2.00 bits per heavy atom. The largest absolute Gasteiger partial charge is 0.330 e. The first-order chi connectivity index (χ1) is 12.2. The Hall–Kier alpha value is -2.83. The molecule has 0 amide bonds. The van der Waals surface area contributed by atoms with E-state index >= 15 is 0 Å². The van der Waals surface area contributed by atoms with E-state index in [4.69, 9.17) is 11.6 Å². The maximum atomic E-state index is 12.9. The fourth-order valence-electron chi connectivity index (χ4n) is 2.50. The molecule has 0 saturated heterocycles. The number of aryl methyl sites for hydroxylation is 1. The first-order valence-corrected chi connectivity index (χ1v) is 9.58. The van der Waals surface area contributed by atoms with Gasteiger partial charge in [-0.3, -0.25) is 4.79 Å². The number of nitriles is 1. The van der Waals surface area contributed by atoms with Crippen molar-refractivity contribution in [3.8, 4) is 6.07 Å². The highest BCUT2D eigenvalue weighted by molar-refractivity contribution is 7.90. The fraction of sp³-hybridized carbons (Fsp3) is 0.188. The molecule has 0 aliphatic carbocycles. The highest BCUT2D eigenvalue weighted by Crippen LogP contribution is 2.26. The van der Waals surface area contributed by atoms with Gasteiger partial charge in [-0.15, -0.1) is 0 Å². The molecule has 0 aliphatic heterocycles. The van der Waals surface area contributed by atoms with Crippen LogP contribution < -0.4 is 0 Å². The van der Waals surface area contributed by atoms with Crippen LogP contribution in [0.2, 0.25) is 5.02 Å². The lowest BCUT2D eigenvalue weighted by molar-refractivity contribution is 0.0969. The summed E-state index contributed by atoms with van der Waals surface area (Å²) in [6.45, 7) is 0. The van der Waals surface area contributed by atoms with Gasteiger partial charge in [-0.1, -0.05) is 23.7 Å². The van der Waals surface area contributed by atoms with Gasteiger partial charge in [0.25, 0.3) is 0 Å². The smallest absolute Gasteiger partial charge is 0.247 e. The quantitative estimate of drug-likeness (QED) is 0.493.